The van der Waals surface area contributed by atoms with Crippen LogP contribution in [-0.2, 0) is 38.5 Å². The Morgan fingerprint density at radius 2 is 0.524 bits per heavy atom. The summed E-state index contributed by atoms with van der Waals surface area (Å²) in [5.74, 6) is 0.631. The largest absolute Gasteiger partial charge is 0.455 e. The Morgan fingerprint density at radius 3 is 0.993 bits per heavy atom. The zero-order valence-electron chi connectivity index (χ0n) is 82.8. The van der Waals surface area contributed by atoms with Crippen LogP contribution in [0.3, 0.4) is 0 Å². The summed E-state index contributed by atoms with van der Waals surface area (Å²) >= 11 is 0. The van der Waals surface area contributed by atoms with E-state index in [1.807, 2.05) is 0 Å². The molecule has 0 bridgehead atoms. The molecular weight excluding hydrogens is 1790 g/mol. The van der Waals surface area contributed by atoms with Crippen molar-refractivity contribution in [2.75, 3.05) is 0 Å². The van der Waals surface area contributed by atoms with Gasteiger partial charge >= 0.3 is 0 Å². The molecule has 1 aliphatic rings. The highest BCUT2D eigenvalue weighted by Crippen LogP contribution is 2.50. The molecule has 23 aromatic carbocycles. The first-order chi connectivity index (χ1) is 72.8. The predicted octanol–water partition coefficient (Wildman–Crippen LogP) is 39.8. The molecule has 5 aromatic heterocycles. The Bertz CT molecular complexity index is 9710. The highest BCUT2D eigenvalue weighted by Gasteiger charge is 2.27. The number of hydrogen-bond donors (Lipinski definition) is 0. The van der Waals surface area contributed by atoms with Crippen LogP contribution in [-0.4, -0.2) is 0 Å². The molecule has 0 amide bonds. The molecular formula is C142H110O5. The van der Waals surface area contributed by atoms with E-state index in [1.165, 1.54) is 258 Å². The van der Waals surface area contributed by atoms with Crippen molar-refractivity contribution in [3.05, 3.63) is 539 Å². The van der Waals surface area contributed by atoms with Gasteiger partial charge < -0.3 is 22.1 Å². The Hall–Kier alpha value is -17.4. The molecule has 0 radical (unpaired) electrons. The summed E-state index contributed by atoms with van der Waals surface area (Å²) in [5.41, 5.74) is 31.6. The minimum absolute atomic E-state index is 0.631. The summed E-state index contributed by atoms with van der Waals surface area (Å²) in [6.07, 6.45) is 14.4. The molecule has 28 aromatic rings. The number of furan rings is 5. The smallest absolute Gasteiger partial charge is 0.143 e. The fourth-order valence-electron chi connectivity index (χ4n) is 23.3. The van der Waals surface area contributed by atoms with Crippen molar-refractivity contribution >= 4 is 174 Å². The average Bonchev–Trinajstić information content (AvgIpc) is 1.63. The van der Waals surface area contributed by atoms with E-state index in [1.54, 1.807) is 0 Å². The van der Waals surface area contributed by atoms with Gasteiger partial charge in [0.05, 0.1) is 0 Å². The third-order valence-corrected chi connectivity index (χ3v) is 30.4. The minimum Gasteiger partial charge on any atom is -0.455 e. The summed E-state index contributed by atoms with van der Waals surface area (Å²) in [6.45, 7) is 4.40. The maximum Gasteiger partial charge on any atom is 0.143 e. The third kappa shape index (κ3) is 17.8. The SMILES string of the molecule is CCCCc1cccc2c1oc1c(Cc3ccccc3)cc3ccccc3c12.Cc1c2ccccc2cc2c1oc1c(Cc3ccccc3)cccc12.c1ccc(Cc2cc3ccccc3c3c2oc2c(C4CCCCC4)cccc23)cc1.c1ccc(Cc2cccc3c2oc2c(-c4cccc5ccccc45)c4ccccc4cc23)cc1.c1ccc(Cc2cccc3c2oc2c(-c4ccccc4)c4ccccc4cc23)cc1. The summed E-state index contributed by atoms with van der Waals surface area (Å²) in [4.78, 5) is 0. The van der Waals surface area contributed by atoms with Gasteiger partial charge in [0.15, 0.2) is 0 Å². The van der Waals surface area contributed by atoms with E-state index in [9.17, 15) is 0 Å². The molecule has 1 saturated carbocycles. The maximum atomic E-state index is 6.80. The highest BCUT2D eigenvalue weighted by atomic mass is 16.3. The van der Waals surface area contributed by atoms with Gasteiger partial charge in [-0.2, -0.15) is 0 Å². The first kappa shape index (κ1) is 90.9. The van der Waals surface area contributed by atoms with Gasteiger partial charge in [0.1, 0.15) is 55.8 Å². The van der Waals surface area contributed by atoms with E-state index in [0.717, 1.165) is 94.4 Å². The zero-order valence-corrected chi connectivity index (χ0v) is 82.8. The number of unbranched alkanes of at least 4 members (excludes halogenated alkanes) is 1. The lowest BCUT2D eigenvalue weighted by molar-refractivity contribution is 0.442. The summed E-state index contributed by atoms with van der Waals surface area (Å²) in [7, 11) is 0. The highest BCUT2D eigenvalue weighted by molar-refractivity contribution is 6.25. The van der Waals surface area contributed by atoms with Crippen molar-refractivity contribution in [3.8, 4) is 22.3 Å². The lowest BCUT2D eigenvalue weighted by atomic mass is 9.83. The first-order valence-corrected chi connectivity index (χ1v) is 52.3. The van der Waals surface area contributed by atoms with Crippen LogP contribution >= 0.6 is 0 Å². The van der Waals surface area contributed by atoms with Gasteiger partial charge in [0, 0.05) is 114 Å². The van der Waals surface area contributed by atoms with Crippen LogP contribution in [0.5, 0.6) is 0 Å². The number of hydrogen-bond acceptors (Lipinski definition) is 5. The Kier molecular flexibility index (Phi) is 25.0. The Labute approximate surface area is 855 Å². The fraction of sp³-hybridized carbons (Fsp3) is 0.113. The van der Waals surface area contributed by atoms with Crippen LogP contribution in [0.25, 0.3) is 197 Å². The molecule has 0 saturated heterocycles. The lowest BCUT2D eigenvalue weighted by Crippen LogP contribution is -2.04. The summed E-state index contributed by atoms with van der Waals surface area (Å²) in [6, 6.07) is 166. The van der Waals surface area contributed by atoms with E-state index in [0.29, 0.717) is 5.92 Å². The average molecular weight is 1900 g/mol. The molecule has 5 heterocycles. The van der Waals surface area contributed by atoms with Gasteiger partial charge in [0.2, 0.25) is 0 Å². The first-order valence-electron chi connectivity index (χ1n) is 52.3. The number of para-hydroxylation sites is 5. The van der Waals surface area contributed by atoms with Gasteiger partial charge in [0.25, 0.3) is 0 Å². The summed E-state index contributed by atoms with van der Waals surface area (Å²) < 4.78 is 33.2. The second kappa shape index (κ2) is 40.4. The van der Waals surface area contributed by atoms with Crippen LogP contribution in [0.4, 0.5) is 0 Å². The van der Waals surface area contributed by atoms with E-state index < -0.39 is 0 Å². The fourth-order valence-corrected chi connectivity index (χ4v) is 23.3. The Balaban J connectivity index is 0.0000000959. The van der Waals surface area contributed by atoms with Crippen molar-refractivity contribution in [2.45, 2.75) is 103 Å². The third-order valence-electron chi connectivity index (χ3n) is 30.4. The van der Waals surface area contributed by atoms with Crippen molar-refractivity contribution in [3.63, 3.8) is 0 Å². The summed E-state index contributed by atoms with van der Waals surface area (Å²) in [5, 5.41) is 27.3. The van der Waals surface area contributed by atoms with Gasteiger partial charge in [-0.15, -0.1) is 0 Å². The van der Waals surface area contributed by atoms with Crippen LogP contribution in [0.15, 0.2) is 489 Å². The van der Waals surface area contributed by atoms with Crippen molar-refractivity contribution in [1.82, 2.24) is 0 Å². The van der Waals surface area contributed by atoms with Crippen LogP contribution in [0.2, 0.25) is 0 Å². The van der Waals surface area contributed by atoms with E-state index in [-0.39, 0.29) is 0 Å². The topological polar surface area (TPSA) is 65.7 Å². The number of benzene rings is 23. The molecule has 0 atom stereocenters. The van der Waals surface area contributed by atoms with Crippen molar-refractivity contribution in [1.29, 1.82) is 0 Å². The van der Waals surface area contributed by atoms with Gasteiger partial charge in [-0.05, 0) is 200 Å². The molecule has 1 fully saturated rings. The molecule has 0 aliphatic heterocycles. The number of fused-ring (bicyclic) bond motifs is 23. The predicted molar refractivity (Wildman–Crippen MR) is 620 cm³/mol. The molecule has 147 heavy (non-hydrogen) atoms. The lowest BCUT2D eigenvalue weighted by Gasteiger charge is -2.21. The minimum atomic E-state index is 0.631. The maximum absolute atomic E-state index is 6.80. The van der Waals surface area contributed by atoms with Crippen LogP contribution in [0, 0.1) is 6.92 Å². The molecule has 0 N–H and O–H groups in total. The quantitative estimate of drug-likeness (QED) is 0.0964. The van der Waals surface area contributed by atoms with E-state index >= 15 is 0 Å². The molecule has 5 nitrogen and oxygen atoms in total. The standard InChI is InChI=1S/C33H22O.C29H20O.C29H26O.C27H24O.C24H18O/c1-2-10-22(11-3-1)20-25-15-9-19-29-30-21-24-13-5-7-17-27(24)31(33(30)34-32(25)29)28-18-8-14-23-12-4-6-16-26(23)28;1-3-10-20(11-4-1)18-23-15-9-17-25-26-19-22-14-7-8-16-24(22)27(29(26)30-28(23)25)21-12-5-2-6-13-21;1-3-10-20(11-4-1)18-23-19-22-14-7-8-15-24(22)27-26-17-9-16-25(29(26)30-28(23)27)21-12-5-2-6-13-21;1-2-3-12-20-14-9-16-24-25-23-15-8-7-13-21(23)18-22(27(25)28-26(20)24)17-19-10-5-4-6-11-19;1-16-20-12-6-5-10-18(20)15-22-21-13-7-11-19(24(21)25-23(16)22)14-17-8-3-2-4-9-17/h1-19,21H,20H2;1-17,19H,18H2;1,3-4,7-11,14-17,19,21H,2,5-6,12-13,18H2;4-11,13-16,18H,2-3,12,17H2,1H3;2-13,15H,14H2,1H3. The molecule has 0 spiro atoms. The molecule has 29 rings (SSSR count). The number of aryl methyl sites for hydroxylation is 2. The molecule has 1 aliphatic carbocycles. The van der Waals surface area contributed by atoms with Gasteiger partial charge in [-0.1, -0.05) is 469 Å². The van der Waals surface area contributed by atoms with Crippen molar-refractivity contribution < 1.29 is 22.1 Å². The second-order valence-electron chi connectivity index (χ2n) is 39.8. The molecule has 5 heteroatoms. The monoisotopic (exact) mass is 1890 g/mol. The van der Waals surface area contributed by atoms with Crippen LogP contribution < -0.4 is 0 Å². The normalized spacial score (nSPS) is 12.3. The second-order valence-corrected chi connectivity index (χ2v) is 39.8. The van der Waals surface area contributed by atoms with Crippen molar-refractivity contribution in [2.24, 2.45) is 0 Å². The zero-order chi connectivity index (χ0) is 98.0. The van der Waals surface area contributed by atoms with E-state index in [4.69, 9.17) is 22.1 Å². The molecule has 0 unspecified atom stereocenters. The number of rotatable bonds is 16. The molecule has 708 valence electrons. The van der Waals surface area contributed by atoms with Gasteiger partial charge in [-0.25, -0.2) is 0 Å². The Morgan fingerprint density at radius 1 is 0.211 bits per heavy atom. The van der Waals surface area contributed by atoms with Gasteiger partial charge in [-0.3, -0.25) is 0 Å². The van der Waals surface area contributed by atoms with Crippen LogP contribution in [0.1, 0.15) is 130 Å². The van der Waals surface area contributed by atoms with E-state index in [2.05, 4.69) is 481 Å².